The molecule has 10 nitrogen and oxygen atoms in total. The van der Waals surface area contributed by atoms with Crippen molar-refractivity contribution in [1.29, 1.82) is 0 Å². The number of carbonyl (C=O) groups excluding carboxylic acids is 1. The Labute approximate surface area is 215 Å². The number of aliphatic hydroxyl groups excluding tert-OH is 2. The summed E-state index contributed by atoms with van der Waals surface area (Å²) in [4.78, 5) is 21.8. The molecule has 1 saturated carbocycles. The maximum atomic E-state index is 12.4. The van der Waals surface area contributed by atoms with E-state index < -0.39 is 24.2 Å². The maximum Gasteiger partial charge on any atom is 0.225 e. The highest BCUT2D eigenvalue weighted by Crippen LogP contribution is 2.37. The Kier molecular flexibility index (Phi) is 8.76. The third kappa shape index (κ3) is 5.79. The largest absolute Gasteiger partial charge is 0.390 e. The summed E-state index contributed by atoms with van der Waals surface area (Å²) in [6.45, 7) is 7.16. The number of thioether (sulfide) groups is 1. The van der Waals surface area contributed by atoms with E-state index >= 15 is 0 Å². The SMILES string of the molecule is CCCSc1nc(NCCCc2ccc(C)cc2)c2nnn(C3C[C@H](C(=O)NCC)C(O)C3O)c2n1. The normalized spacial score (nSPS) is 21.7. The van der Waals surface area contributed by atoms with Gasteiger partial charge in [0.05, 0.1) is 18.1 Å². The molecule has 2 heterocycles. The molecule has 36 heavy (non-hydrogen) atoms. The molecule has 4 N–H and O–H groups in total. The molecule has 4 rings (SSSR count). The predicted molar refractivity (Wildman–Crippen MR) is 140 cm³/mol. The minimum atomic E-state index is -1.18. The van der Waals surface area contributed by atoms with Gasteiger partial charge in [-0.25, -0.2) is 14.6 Å². The highest BCUT2D eigenvalue weighted by Gasteiger charge is 2.47. The third-order valence-electron chi connectivity index (χ3n) is 6.45. The lowest BCUT2D eigenvalue weighted by Crippen LogP contribution is -2.38. The van der Waals surface area contributed by atoms with Crippen molar-refractivity contribution in [3.63, 3.8) is 0 Å². The highest BCUT2D eigenvalue weighted by atomic mass is 32.2. The second-order valence-electron chi connectivity index (χ2n) is 9.21. The molecule has 0 spiro atoms. The lowest BCUT2D eigenvalue weighted by molar-refractivity contribution is -0.128. The van der Waals surface area contributed by atoms with Crippen LogP contribution in [-0.4, -0.2) is 72.1 Å². The van der Waals surface area contributed by atoms with Gasteiger partial charge in [0.1, 0.15) is 6.10 Å². The van der Waals surface area contributed by atoms with Crippen molar-refractivity contribution in [2.45, 2.75) is 69.9 Å². The fourth-order valence-electron chi connectivity index (χ4n) is 4.49. The van der Waals surface area contributed by atoms with Crippen LogP contribution in [0.1, 0.15) is 50.3 Å². The van der Waals surface area contributed by atoms with Crippen molar-refractivity contribution in [3.05, 3.63) is 35.4 Å². The van der Waals surface area contributed by atoms with E-state index in [0.717, 1.165) is 25.0 Å². The molecule has 1 aliphatic carbocycles. The summed E-state index contributed by atoms with van der Waals surface area (Å²) < 4.78 is 1.54. The molecule has 3 aromatic rings. The van der Waals surface area contributed by atoms with Gasteiger partial charge in [-0.2, -0.15) is 0 Å². The number of carbonyl (C=O) groups is 1. The number of hydrogen-bond donors (Lipinski definition) is 4. The third-order valence-corrected chi connectivity index (χ3v) is 7.50. The Morgan fingerprint density at radius 3 is 2.67 bits per heavy atom. The molecule has 1 aliphatic rings. The first-order chi connectivity index (χ1) is 17.4. The van der Waals surface area contributed by atoms with E-state index in [4.69, 9.17) is 0 Å². The van der Waals surface area contributed by atoms with Gasteiger partial charge < -0.3 is 20.8 Å². The van der Waals surface area contributed by atoms with E-state index in [-0.39, 0.29) is 12.3 Å². The van der Waals surface area contributed by atoms with Gasteiger partial charge in [-0.3, -0.25) is 4.79 Å². The molecule has 2 aromatic heterocycles. The number of fused-ring (bicyclic) bond motifs is 1. The standard InChI is InChI=1S/C25H35N7O3S/c1-4-13-36-25-28-22(27-12-6-7-16-10-8-15(3)9-11-16)19-23(29-25)32(31-30-19)18-14-17(20(33)21(18)34)24(35)26-5-2/h8-11,17-18,20-21,33-34H,4-7,12-14H2,1-3H3,(H,26,35)(H,27,28,29)/t17-,18?,20?,21?/m0/s1. The van der Waals surface area contributed by atoms with Crippen LogP contribution in [0, 0.1) is 12.8 Å². The number of nitrogens with zero attached hydrogens (tertiary/aromatic N) is 5. The van der Waals surface area contributed by atoms with Gasteiger partial charge in [0.25, 0.3) is 0 Å². The topological polar surface area (TPSA) is 138 Å². The van der Waals surface area contributed by atoms with Gasteiger partial charge in [-0.15, -0.1) is 5.10 Å². The summed E-state index contributed by atoms with van der Waals surface area (Å²) in [5.41, 5.74) is 3.53. The van der Waals surface area contributed by atoms with E-state index in [9.17, 15) is 15.0 Å². The van der Waals surface area contributed by atoms with E-state index in [0.29, 0.717) is 35.2 Å². The Hall–Kier alpha value is -2.76. The Balaban J connectivity index is 1.55. The molecule has 0 bridgehead atoms. The molecule has 11 heteroatoms. The summed E-state index contributed by atoms with van der Waals surface area (Å²) in [6.07, 6.45) is 0.741. The van der Waals surface area contributed by atoms with Crippen molar-refractivity contribution in [2.75, 3.05) is 24.2 Å². The molecule has 0 saturated heterocycles. The Morgan fingerprint density at radius 2 is 1.94 bits per heavy atom. The van der Waals surface area contributed by atoms with Crippen LogP contribution >= 0.6 is 11.8 Å². The lowest BCUT2D eigenvalue weighted by Gasteiger charge is -2.17. The minimum absolute atomic E-state index is 0.243. The summed E-state index contributed by atoms with van der Waals surface area (Å²) >= 11 is 1.55. The molecule has 194 valence electrons. The van der Waals surface area contributed by atoms with Crippen molar-refractivity contribution < 1.29 is 15.0 Å². The molecule has 0 aliphatic heterocycles. The first kappa shape index (κ1) is 26.3. The van der Waals surface area contributed by atoms with Crippen LogP contribution in [0.15, 0.2) is 29.4 Å². The van der Waals surface area contributed by atoms with Crippen molar-refractivity contribution in [2.24, 2.45) is 5.92 Å². The second kappa shape index (κ2) is 12.0. The van der Waals surface area contributed by atoms with Crippen LogP contribution in [-0.2, 0) is 11.2 Å². The quantitative estimate of drug-likeness (QED) is 0.173. The van der Waals surface area contributed by atoms with Crippen LogP contribution in [0.4, 0.5) is 5.82 Å². The molecule has 3 unspecified atom stereocenters. The van der Waals surface area contributed by atoms with E-state index in [1.54, 1.807) is 11.8 Å². The Bertz CT molecular complexity index is 1170. The Morgan fingerprint density at radius 1 is 1.17 bits per heavy atom. The first-order valence-corrected chi connectivity index (χ1v) is 13.6. The molecule has 1 amide bonds. The van der Waals surface area contributed by atoms with Gasteiger partial charge in [0, 0.05) is 18.8 Å². The number of aliphatic hydroxyl groups is 2. The number of amides is 1. The van der Waals surface area contributed by atoms with Gasteiger partial charge in [0.2, 0.25) is 5.91 Å². The predicted octanol–water partition coefficient (Wildman–Crippen LogP) is 2.50. The molecular formula is C25H35N7O3S. The van der Waals surface area contributed by atoms with Gasteiger partial charge in [-0.1, -0.05) is 53.7 Å². The number of rotatable bonds is 11. The van der Waals surface area contributed by atoms with Crippen LogP contribution in [0.2, 0.25) is 0 Å². The molecule has 1 aromatic carbocycles. The van der Waals surface area contributed by atoms with Gasteiger partial charge in [-0.05, 0) is 45.1 Å². The number of aryl methyl sites for hydroxylation is 2. The van der Waals surface area contributed by atoms with Crippen LogP contribution in [0.5, 0.6) is 0 Å². The first-order valence-electron chi connectivity index (χ1n) is 12.6. The van der Waals surface area contributed by atoms with E-state index in [1.807, 2.05) is 6.92 Å². The van der Waals surface area contributed by atoms with E-state index in [1.165, 1.54) is 15.8 Å². The van der Waals surface area contributed by atoms with Crippen molar-refractivity contribution >= 4 is 34.7 Å². The lowest BCUT2D eigenvalue weighted by atomic mass is 10.0. The summed E-state index contributed by atoms with van der Waals surface area (Å²) in [6, 6.07) is 7.93. The molecule has 4 atom stereocenters. The van der Waals surface area contributed by atoms with Crippen LogP contribution < -0.4 is 10.6 Å². The molecular weight excluding hydrogens is 478 g/mol. The number of anilines is 1. The summed E-state index contributed by atoms with van der Waals surface area (Å²) in [5, 5.41) is 36.7. The maximum absolute atomic E-state index is 12.4. The average molecular weight is 514 g/mol. The zero-order chi connectivity index (χ0) is 25.7. The fourth-order valence-corrected chi connectivity index (χ4v) is 5.18. The smallest absolute Gasteiger partial charge is 0.225 e. The molecule has 0 radical (unpaired) electrons. The van der Waals surface area contributed by atoms with Crippen LogP contribution in [0.25, 0.3) is 11.2 Å². The number of hydrogen-bond acceptors (Lipinski definition) is 9. The highest BCUT2D eigenvalue weighted by molar-refractivity contribution is 7.99. The van der Waals surface area contributed by atoms with Crippen molar-refractivity contribution in [3.8, 4) is 0 Å². The van der Waals surface area contributed by atoms with Gasteiger partial charge in [0.15, 0.2) is 22.1 Å². The zero-order valence-corrected chi connectivity index (χ0v) is 21.8. The zero-order valence-electron chi connectivity index (χ0n) is 21.0. The average Bonchev–Trinajstić information content (AvgIpc) is 3.42. The van der Waals surface area contributed by atoms with Crippen LogP contribution in [0.3, 0.4) is 0 Å². The number of nitrogens with one attached hydrogen (secondary N) is 2. The number of aromatic nitrogens is 5. The monoisotopic (exact) mass is 513 g/mol. The summed E-state index contributed by atoms with van der Waals surface area (Å²) in [7, 11) is 0. The second-order valence-corrected chi connectivity index (χ2v) is 10.3. The summed E-state index contributed by atoms with van der Waals surface area (Å²) in [5.74, 6) is 0.464. The number of benzene rings is 1. The van der Waals surface area contributed by atoms with Gasteiger partial charge >= 0.3 is 0 Å². The van der Waals surface area contributed by atoms with Crippen molar-refractivity contribution in [1.82, 2.24) is 30.3 Å². The fraction of sp³-hybridized carbons (Fsp3) is 0.560. The molecule has 1 fully saturated rings. The van der Waals surface area contributed by atoms with E-state index in [2.05, 4.69) is 69.0 Å². The minimum Gasteiger partial charge on any atom is -0.390 e.